The van der Waals surface area contributed by atoms with Gasteiger partial charge >= 0.3 is 0 Å². The summed E-state index contributed by atoms with van der Waals surface area (Å²) in [6.45, 7) is 1.49. The highest BCUT2D eigenvalue weighted by Gasteiger charge is 2.47. The highest BCUT2D eigenvalue weighted by molar-refractivity contribution is 5.21. The van der Waals surface area contributed by atoms with Crippen molar-refractivity contribution in [1.82, 2.24) is 0 Å². The minimum Gasteiger partial charge on any atom is -0.387 e. The van der Waals surface area contributed by atoms with Crippen LogP contribution >= 0.6 is 0 Å². The molecule has 0 radical (unpaired) electrons. The second kappa shape index (κ2) is 13.5. The SMILES string of the molecule is O[C@@H]1[C@@H](OCc2ccccc2)[C@H](OCc2ccccc2)[C@@H](COCc2ccccc2)O[C@@H]1c1ccccc1. The quantitative estimate of drug-likeness (QED) is 0.273. The van der Waals surface area contributed by atoms with Crippen LogP contribution in [0.3, 0.4) is 0 Å². The first-order valence-electron chi connectivity index (χ1n) is 13.1. The lowest BCUT2D eigenvalue weighted by molar-refractivity contribution is -0.263. The number of rotatable bonds is 11. The van der Waals surface area contributed by atoms with Gasteiger partial charge in [0.05, 0.1) is 26.4 Å². The predicted octanol–water partition coefficient (Wildman–Crippen LogP) is 5.88. The van der Waals surface area contributed by atoms with E-state index in [4.69, 9.17) is 18.9 Å². The Morgan fingerprint density at radius 3 is 1.53 bits per heavy atom. The topological polar surface area (TPSA) is 57.2 Å². The minimum absolute atomic E-state index is 0.301. The molecule has 5 atom stereocenters. The van der Waals surface area contributed by atoms with Gasteiger partial charge in [0.15, 0.2) is 0 Å². The summed E-state index contributed by atoms with van der Waals surface area (Å²) < 4.78 is 25.5. The number of benzene rings is 4. The zero-order valence-corrected chi connectivity index (χ0v) is 21.3. The van der Waals surface area contributed by atoms with Crippen LogP contribution < -0.4 is 0 Å². The molecule has 4 aromatic rings. The molecule has 0 aliphatic carbocycles. The molecule has 5 rings (SSSR count). The third-order valence-corrected chi connectivity index (χ3v) is 6.75. The van der Waals surface area contributed by atoms with Crippen molar-refractivity contribution in [3.8, 4) is 0 Å². The zero-order valence-electron chi connectivity index (χ0n) is 21.3. The van der Waals surface area contributed by atoms with Crippen molar-refractivity contribution in [2.45, 2.75) is 50.3 Å². The average Bonchev–Trinajstić information content (AvgIpc) is 2.98. The lowest BCUT2D eigenvalue weighted by atomic mass is 9.90. The summed E-state index contributed by atoms with van der Waals surface area (Å²) in [5, 5.41) is 11.6. The van der Waals surface area contributed by atoms with Gasteiger partial charge in [0, 0.05) is 0 Å². The van der Waals surface area contributed by atoms with Gasteiger partial charge in [-0.15, -0.1) is 0 Å². The molecule has 0 spiro atoms. The Bertz CT molecular complexity index is 1200. The summed E-state index contributed by atoms with van der Waals surface area (Å²) in [7, 11) is 0. The molecule has 1 aliphatic heterocycles. The van der Waals surface area contributed by atoms with Gasteiger partial charge in [-0.1, -0.05) is 121 Å². The van der Waals surface area contributed by atoms with Crippen LogP contribution in [0.15, 0.2) is 121 Å². The lowest BCUT2D eigenvalue weighted by Crippen LogP contribution is -2.57. The standard InChI is InChI=1S/C33H34O5/c34-30-31(28-19-11-4-12-20-28)38-29(24-35-21-25-13-5-1-6-14-25)32(36-22-26-15-7-2-8-16-26)33(30)37-23-27-17-9-3-10-18-27/h1-20,29-34H,21-24H2/t29-,30+,31-,32-,33-/m1/s1. The lowest BCUT2D eigenvalue weighted by Gasteiger charge is -2.44. The second-order valence-corrected chi connectivity index (χ2v) is 9.52. The Balaban J connectivity index is 1.39. The fourth-order valence-corrected chi connectivity index (χ4v) is 4.77. The second-order valence-electron chi connectivity index (χ2n) is 9.52. The number of aliphatic hydroxyl groups is 1. The van der Waals surface area contributed by atoms with Gasteiger partial charge in [-0.3, -0.25) is 0 Å². The van der Waals surface area contributed by atoms with E-state index in [1.54, 1.807) is 0 Å². The van der Waals surface area contributed by atoms with Gasteiger partial charge in [-0.05, 0) is 22.3 Å². The van der Waals surface area contributed by atoms with Crippen molar-refractivity contribution in [3.05, 3.63) is 144 Å². The molecule has 5 nitrogen and oxygen atoms in total. The van der Waals surface area contributed by atoms with Crippen molar-refractivity contribution in [2.24, 2.45) is 0 Å². The largest absolute Gasteiger partial charge is 0.387 e. The summed E-state index contributed by atoms with van der Waals surface area (Å²) in [5.41, 5.74) is 4.04. The van der Waals surface area contributed by atoms with E-state index in [2.05, 4.69) is 0 Å². The van der Waals surface area contributed by atoms with Crippen molar-refractivity contribution < 1.29 is 24.1 Å². The van der Waals surface area contributed by atoms with Crippen LogP contribution in [0.2, 0.25) is 0 Å². The van der Waals surface area contributed by atoms with Crippen LogP contribution in [0.4, 0.5) is 0 Å². The van der Waals surface area contributed by atoms with Crippen LogP contribution in [0, 0.1) is 0 Å². The van der Waals surface area contributed by atoms with Crippen molar-refractivity contribution in [1.29, 1.82) is 0 Å². The third kappa shape index (κ3) is 6.95. The minimum atomic E-state index is -0.924. The van der Waals surface area contributed by atoms with Crippen LogP contribution in [-0.2, 0) is 38.8 Å². The molecule has 0 saturated carbocycles. The Morgan fingerprint density at radius 2 is 1.00 bits per heavy atom. The predicted molar refractivity (Wildman–Crippen MR) is 146 cm³/mol. The van der Waals surface area contributed by atoms with E-state index in [0.717, 1.165) is 22.3 Å². The molecule has 1 saturated heterocycles. The number of hydrogen-bond donors (Lipinski definition) is 1. The number of aliphatic hydroxyl groups excluding tert-OH is 1. The van der Waals surface area contributed by atoms with E-state index in [0.29, 0.717) is 26.4 Å². The molecular weight excluding hydrogens is 476 g/mol. The molecule has 0 bridgehead atoms. The maximum atomic E-state index is 11.6. The van der Waals surface area contributed by atoms with Gasteiger partial charge in [0.2, 0.25) is 0 Å². The third-order valence-electron chi connectivity index (χ3n) is 6.75. The summed E-state index contributed by atoms with van der Waals surface area (Å²) in [5.74, 6) is 0. The van der Waals surface area contributed by atoms with Gasteiger partial charge in [0.1, 0.15) is 30.5 Å². The first-order valence-corrected chi connectivity index (χ1v) is 13.1. The van der Waals surface area contributed by atoms with E-state index in [1.807, 2.05) is 121 Å². The molecule has 0 aromatic heterocycles. The molecule has 196 valence electrons. The molecule has 4 aromatic carbocycles. The zero-order chi connectivity index (χ0) is 26.0. The number of hydrogen-bond acceptors (Lipinski definition) is 5. The highest BCUT2D eigenvalue weighted by Crippen LogP contribution is 2.36. The molecule has 1 aliphatic rings. The Hall–Kier alpha value is -3.32. The molecule has 5 heteroatoms. The normalized spacial score (nSPS) is 23.2. The summed E-state index contributed by atoms with van der Waals surface area (Å²) in [6.07, 6.45) is -3.10. The van der Waals surface area contributed by atoms with E-state index in [9.17, 15) is 5.11 Å². The first-order chi connectivity index (χ1) is 18.8. The van der Waals surface area contributed by atoms with E-state index >= 15 is 0 Å². The average molecular weight is 511 g/mol. The molecule has 0 amide bonds. The van der Waals surface area contributed by atoms with Gasteiger partial charge < -0.3 is 24.1 Å². The van der Waals surface area contributed by atoms with E-state index in [-0.39, 0.29) is 0 Å². The molecule has 1 N–H and O–H groups in total. The molecular formula is C33H34O5. The fraction of sp³-hybridized carbons (Fsp3) is 0.273. The van der Waals surface area contributed by atoms with E-state index < -0.39 is 30.5 Å². The molecule has 1 fully saturated rings. The molecule has 1 heterocycles. The molecule has 0 unspecified atom stereocenters. The van der Waals surface area contributed by atoms with Crippen LogP contribution in [0.5, 0.6) is 0 Å². The maximum Gasteiger partial charge on any atom is 0.115 e. The smallest absolute Gasteiger partial charge is 0.115 e. The van der Waals surface area contributed by atoms with Gasteiger partial charge in [-0.2, -0.15) is 0 Å². The van der Waals surface area contributed by atoms with Crippen molar-refractivity contribution in [2.75, 3.05) is 6.61 Å². The number of ether oxygens (including phenoxy) is 4. The van der Waals surface area contributed by atoms with Crippen molar-refractivity contribution in [3.63, 3.8) is 0 Å². The Kier molecular flexibility index (Phi) is 9.32. The van der Waals surface area contributed by atoms with Crippen LogP contribution in [-0.4, -0.2) is 36.1 Å². The Labute approximate surface area is 224 Å². The van der Waals surface area contributed by atoms with Gasteiger partial charge in [0.25, 0.3) is 0 Å². The van der Waals surface area contributed by atoms with E-state index in [1.165, 1.54) is 0 Å². The van der Waals surface area contributed by atoms with Gasteiger partial charge in [-0.25, -0.2) is 0 Å². The Morgan fingerprint density at radius 1 is 0.553 bits per heavy atom. The monoisotopic (exact) mass is 510 g/mol. The maximum absolute atomic E-state index is 11.6. The highest BCUT2D eigenvalue weighted by atomic mass is 16.6. The summed E-state index contributed by atoms with van der Waals surface area (Å²) in [4.78, 5) is 0. The fourth-order valence-electron chi connectivity index (χ4n) is 4.77. The van der Waals surface area contributed by atoms with Crippen LogP contribution in [0.1, 0.15) is 28.4 Å². The summed E-state index contributed by atoms with van der Waals surface area (Å²) >= 11 is 0. The molecule has 38 heavy (non-hydrogen) atoms. The first kappa shape index (κ1) is 26.3. The van der Waals surface area contributed by atoms with Crippen LogP contribution in [0.25, 0.3) is 0 Å². The summed E-state index contributed by atoms with van der Waals surface area (Å²) in [6, 6.07) is 39.8. The van der Waals surface area contributed by atoms with Crippen molar-refractivity contribution >= 4 is 0 Å².